The molecule has 1 fully saturated rings. The summed E-state index contributed by atoms with van der Waals surface area (Å²) in [5.74, 6) is 0.159. The average molecular weight is 402 g/mol. The van der Waals surface area contributed by atoms with Gasteiger partial charge in [0.05, 0.1) is 37.0 Å². The molecule has 10 heteroatoms. The van der Waals surface area contributed by atoms with Crippen LogP contribution in [-0.2, 0) is 9.47 Å². The van der Waals surface area contributed by atoms with Gasteiger partial charge in [0.2, 0.25) is 5.71 Å². The number of nitrogens with zero attached hydrogens (tertiary/aromatic N) is 3. The number of aromatic nitrogens is 2. The van der Waals surface area contributed by atoms with Gasteiger partial charge in [-0.2, -0.15) is 0 Å². The van der Waals surface area contributed by atoms with E-state index in [0.717, 1.165) is 0 Å². The maximum Gasteiger partial charge on any atom is 0.350 e. The molecule has 1 aliphatic rings. The van der Waals surface area contributed by atoms with Crippen molar-refractivity contribution in [3.05, 3.63) is 34.0 Å². The molecular weight excluding hydrogens is 384 g/mol. The summed E-state index contributed by atoms with van der Waals surface area (Å²) in [7, 11) is 1.30. The zero-order valence-corrected chi connectivity index (χ0v) is 16.2. The van der Waals surface area contributed by atoms with Crippen LogP contribution in [-0.4, -0.2) is 55.3 Å². The largest absolute Gasteiger partial charge is 0.465 e. The van der Waals surface area contributed by atoms with Crippen LogP contribution in [0.25, 0.3) is 11.1 Å². The molecule has 0 unspecified atom stereocenters. The van der Waals surface area contributed by atoms with Crippen LogP contribution in [0, 0.1) is 6.92 Å². The summed E-state index contributed by atoms with van der Waals surface area (Å²) in [5, 5.41) is 5.05. The Morgan fingerprint density at radius 2 is 2.07 bits per heavy atom. The summed E-state index contributed by atoms with van der Waals surface area (Å²) >= 11 is 1.20. The van der Waals surface area contributed by atoms with Gasteiger partial charge in [-0.05, 0) is 18.4 Å². The first-order valence-corrected chi connectivity index (χ1v) is 9.52. The second-order valence-electron chi connectivity index (χ2n) is 6.12. The highest BCUT2D eigenvalue weighted by molar-refractivity contribution is 7.12. The van der Waals surface area contributed by atoms with Gasteiger partial charge in [-0.3, -0.25) is 4.79 Å². The molecule has 9 nitrogen and oxygen atoms in total. The lowest BCUT2D eigenvalue weighted by Crippen LogP contribution is -2.37. The number of methoxy groups -OCH3 is 1. The Balaban J connectivity index is 1.74. The molecule has 4 rings (SSSR count). The first kappa shape index (κ1) is 18.4. The highest BCUT2D eigenvalue weighted by Crippen LogP contribution is 2.33. The first-order valence-electron chi connectivity index (χ1n) is 8.64. The van der Waals surface area contributed by atoms with Gasteiger partial charge in [0.1, 0.15) is 22.8 Å². The molecule has 0 atom stereocenters. The number of fused-ring (bicyclic) bond motifs is 1. The zero-order valence-electron chi connectivity index (χ0n) is 15.4. The van der Waals surface area contributed by atoms with Gasteiger partial charge in [-0.15, -0.1) is 11.3 Å². The quantitative estimate of drug-likeness (QED) is 0.663. The molecule has 0 aromatic carbocycles. The number of thiophene rings is 1. The van der Waals surface area contributed by atoms with Crippen molar-refractivity contribution in [3.8, 4) is 0 Å². The van der Waals surface area contributed by atoms with E-state index in [1.54, 1.807) is 18.4 Å². The molecule has 3 aromatic rings. The number of rotatable bonds is 4. The highest BCUT2D eigenvalue weighted by atomic mass is 32.1. The van der Waals surface area contributed by atoms with E-state index in [-0.39, 0.29) is 0 Å². The molecule has 1 N–H and O–H groups in total. The molecule has 146 valence electrons. The minimum absolute atomic E-state index is 0.325. The van der Waals surface area contributed by atoms with Crippen molar-refractivity contribution >= 4 is 45.8 Å². The Labute approximate surface area is 164 Å². The number of esters is 1. The van der Waals surface area contributed by atoms with Gasteiger partial charge in [0.25, 0.3) is 5.91 Å². The van der Waals surface area contributed by atoms with Gasteiger partial charge >= 0.3 is 5.97 Å². The molecule has 28 heavy (non-hydrogen) atoms. The van der Waals surface area contributed by atoms with E-state index in [0.29, 0.717) is 65.1 Å². The molecule has 0 spiro atoms. The summed E-state index contributed by atoms with van der Waals surface area (Å²) in [4.78, 5) is 35.9. The maximum absolute atomic E-state index is 13.1. The van der Waals surface area contributed by atoms with Crippen molar-refractivity contribution in [2.24, 2.45) is 0 Å². The monoisotopic (exact) mass is 402 g/mol. The minimum Gasteiger partial charge on any atom is -0.465 e. The molecular formula is C18H18N4O5S. The molecule has 0 bridgehead atoms. The summed E-state index contributed by atoms with van der Waals surface area (Å²) in [6, 6.07) is 1.66. The number of hydrogen-bond acceptors (Lipinski definition) is 9. The van der Waals surface area contributed by atoms with Gasteiger partial charge in [0.15, 0.2) is 0 Å². The SMILES string of the molecule is COC(=O)c1sccc1NC(=O)c1c(C)oc2ncnc(N3CCOCC3)c12. The number of amides is 1. The van der Waals surface area contributed by atoms with Gasteiger partial charge in [-0.25, -0.2) is 14.8 Å². The Morgan fingerprint density at radius 1 is 1.29 bits per heavy atom. The third-order valence-electron chi connectivity index (χ3n) is 4.47. The van der Waals surface area contributed by atoms with E-state index in [1.165, 1.54) is 24.8 Å². The number of aryl methyl sites for hydroxylation is 1. The summed E-state index contributed by atoms with van der Waals surface area (Å²) in [6.45, 7) is 4.19. The molecule has 1 aliphatic heterocycles. The van der Waals surface area contributed by atoms with Crippen molar-refractivity contribution in [2.75, 3.05) is 43.6 Å². The van der Waals surface area contributed by atoms with E-state index in [9.17, 15) is 9.59 Å². The number of anilines is 2. The van der Waals surface area contributed by atoms with Crippen LogP contribution in [0.3, 0.4) is 0 Å². The number of carbonyl (C=O) groups excluding carboxylic acids is 2. The summed E-state index contributed by atoms with van der Waals surface area (Å²) in [5.41, 5.74) is 1.08. The lowest BCUT2D eigenvalue weighted by Gasteiger charge is -2.28. The zero-order chi connectivity index (χ0) is 19.7. The molecule has 0 aliphatic carbocycles. The fourth-order valence-corrected chi connectivity index (χ4v) is 3.93. The fourth-order valence-electron chi connectivity index (χ4n) is 3.16. The van der Waals surface area contributed by atoms with E-state index in [1.807, 2.05) is 4.90 Å². The second kappa shape index (κ2) is 7.56. The van der Waals surface area contributed by atoms with Crippen LogP contribution in [0.5, 0.6) is 0 Å². The van der Waals surface area contributed by atoms with Gasteiger partial charge in [0, 0.05) is 13.1 Å². The van der Waals surface area contributed by atoms with E-state index in [4.69, 9.17) is 13.9 Å². The number of furan rings is 1. The molecule has 4 heterocycles. The van der Waals surface area contributed by atoms with Crippen LogP contribution in [0.15, 0.2) is 22.2 Å². The smallest absolute Gasteiger partial charge is 0.350 e. The first-order chi connectivity index (χ1) is 13.6. The Morgan fingerprint density at radius 3 is 2.82 bits per heavy atom. The van der Waals surface area contributed by atoms with Gasteiger partial charge in [-0.1, -0.05) is 0 Å². The van der Waals surface area contributed by atoms with Crippen LogP contribution < -0.4 is 10.2 Å². The third kappa shape index (κ3) is 3.20. The van der Waals surface area contributed by atoms with Crippen molar-refractivity contribution in [2.45, 2.75) is 6.92 Å². The molecule has 0 saturated carbocycles. The Hall–Kier alpha value is -2.98. The minimum atomic E-state index is -0.503. The average Bonchev–Trinajstić information content (AvgIpc) is 3.31. The number of carbonyl (C=O) groups is 2. The standard InChI is InChI=1S/C18H18N4O5S/c1-10-12(16(23)21-11-3-8-28-14(11)18(24)25-2)13-15(19-9-20-17(13)27-10)22-4-6-26-7-5-22/h3,8-9H,4-7H2,1-2H3,(H,21,23). The molecule has 3 aromatic heterocycles. The predicted octanol–water partition coefficient (Wildman–Crippen LogP) is 2.47. The Bertz CT molecular complexity index is 1040. The van der Waals surface area contributed by atoms with Crippen LogP contribution >= 0.6 is 11.3 Å². The Kier molecular flexibility index (Phi) is 4.97. The third-order valence-corrected chi connectivity index (χ3v) is 5.36. The van der Waals surface area contributed by atoms with Crippen molar-refractivity contribution in [1.82, 2.24) is 9.97 Å². The van der Waals surface area contributed by atoms with Crippen molar-refractivity contribution < 1.29 is 23.5 Å². The van der Waals surface area contributed by atoms with Crippen molar-refractivity contribution in [1.29, 1.82) is 0 Å². The van der Waals surface area contributed by atoms with Crippen LogP contribution in [0.1, 0.15) is 25.8 Å². The summed E-state index contributed by atoms with van der Waals surface area (Å²) < 4.78 is 15.9. The highest BCUT2D eigenvalue weighted by Gasteiger charge is 2.27. The second-order valence-corrected chi connectivity index (χ2v) is 7.04. The molecule has 1 saturated heterocycles. The maximum atomic E-state index is 13.1. The molecule has 0 radical (unpaired) electrons. The number of nitrogens with one attached hydrogen (secondary N) is 1. The normalized spacial score (nSPS) is 14.3. The predicted molar refractivity (Wildman–Crippen MR) is 103 cm³/mol. The lowest BCUT2D eigenvalue weighted by molar-refractivity contribution is 0.0607. The topological polar surface area (TPSA) is 107 Å². The van der Waals surface area contributed by atoms with Gasteiger partial charge < -0.3 is 24.1 Å². The fraction of sp³-hybridized carbons (Fsp3) is 0.333. The molecule has 1 amide bonds. The van der Waals surface area contributed by atoms with Crippen LogP contribution in [0.2, 0.25) is 0 Å². The van der Waals surface area contributed by atoms with E-state index >= 15 is 0 Å². The number of hydrogen-bond donors (Lipinski definition) is 1. The number of morpholine rings is 1. The van der Waals surface area contributed by atoms with E-state index < -0.39 is 11.9 Å². The van der Waals surface area contributed by atoms with E-state index in [2.05, 4.69) is 15.3 Å². The van der Waals surface area contributed by atoms with Crippen LogP contribution in [0.4, 0.5) is 11.5 Å². The lowest BCUT2D eigenvalue weighted by atomic mass is 10.1. The summed E-state index contributed by atoms with van der Waals surface area (Å²) in [6.07, 6.45) is 1.42. The van der Waals surface area contributed by atoms with Crippen molar-refractivity contribution in [3.63, 3.8) is 0 Å². The number of ether oxygens (including phenoxy) is 2.